The number of hydrogen-bond acceptors (Lipinski definition) is 7. The van der Waals surface area contributed by atoms with E-state index >= 15 is 0 Å². The minimum absolute atomic E-state index is 0.0158. The fourth-order valence-corrected chi connectivity index (χ4v) is 4.25. The lowest BCUT2D eigenvalue weighted by atomic mass is 10.1. The van der Waals surface area contributed by atoms with Crippen LogP contribution in [0.1, 0.15) is 39.2 Å². The van der Waals surface area contributed by atoms with Crippen LogP contribution < -0.4 is 5.56 Å². The SMILES string of the molecule is CCOC(=O)CCC(CC)n1[nH]c(=O)c2cc3oc(-c4ccc([N+](=O)[O-])cc4)cc3n2c1=S. The highest BCUT2D eigenvalue weighted by molar-refractivity contribution is 7.71. The summed E-state index contributed by atoms with van der Waals surface area (Å²) >= 11 is 5.70. The van der Waals surface area contributed by atoms with Crippen LogP contribution in [0.3, 0.4) is 0 Å². The predicted octanol–water partition coefficient (Wildman–Crippen LogP) is 4.77. The number of aromatic amines is 1. The molecule has 4 aromatic rings. The second-order valence-corrected chi connectivity index (χ2v) is 7.89. The standard InChI is InChI=1S/C22H22N4O6S/c1-3-14(9-10-20(27)31-4-2)25-22(33)24-16-11-18(13-5-7-15(8-6-13)26(29)30)32-19(16)12-17(24)21(28)23-25/h5-8,11-12,14H,3-4,9-10H2,1-2H3,(H,23,28). The monoisotopic (exact) mass is 470 g/mol. The predicted molar refractivity (Wildman–Crippen MR) is 124 cm³/mol. The quantitative estimate of drug-likeness (QED) is 0.170. The summed E-state index contributed by atoms with van der Waals surface area (Å²) in [6.45, 7) is 4.02. The molecule has 172 valence electrons. The van der Waals surface area contributed by atoms with Crippen LogP contribution in [0.25, 0.3) is 27.9 Å². The van der Waals surface area contributed by atoms with Crippen LogP contribution in [-0.4, -0.2) is 31.7 Å². The van der Waals surface area contributed by atoms with E-state index in [1.807, 2.05) is 6.92 Å². The van der Waals surface area contributed by atoms with E-state index in [0.717, 1.165) is 0 Å². The summed E-state index contributed by atoms with van der Waals surface area (Å²) in [4.78, 5) is 35.0. The van der Waals surface area contributed by atoms with E-state index in [1.54, 1.807) is 40.3 Å². The Balaban J connectivity index is 1.77. The first-order valence-electron chi connectivity index (χ1n) is 10.5. The fraction of sp³-hybridized carbons (Fsp3) is 0.318. The second kappa shape index (κ2) is 9.02. The van der Waals surface area contributed by atoms with Gasteiger partial charge in [0.25, 0.3) is 11.2 Å². The van der Waals surface area contributed by atoms with Crippen molar-refractivity contribution in [3.8, 4) is 11.3 Å². The van der Waals surface area contributed by atoms with Crippen LogP contribution in [0.5, 0.6) is 0 Å². The van der Waals surface area contributed by atoms with Crippen LogP contribution >= 0.6 is 12.2 Å². The third kappa shape index (κ3) is 4.19. The zero-order valence-corrected chi connectivity index (χ0v) is 18.9. The van der Waals surface area contributed by atoms with E-state index in [2.05, 4.69) is 5.10 Å². The Hall–Kier alpha value is -3.73. The highest BCUT2D eigenvalue weighted by Gasteiger charge is 2.19. The van der Waals surface area contributed by atoms with E-state index in [4.69, 9.17) is 21.4 Å². The molecule has 1 unspecified atom stereocenters. The number of nitrogens with zero attached hydrogens (tertiary/aromatic N) is 3. The molecule has 0 aliphatic heterocycles. The minimum atomic E-state index is -0.466. The van der Waals surface area contributed by atoms with Crippen molar-refractivity contribution in [1.29, 1.82) is 0 Å². The first kappa shape index (κ1) is 22.5. The maximum Gasteiger partial charge on any atom is 0.305 e. The molecule has 0 aliphatic rings. The number of furan rings is 1. The molecule has 0 bridgehead atoms. The summed E-state index contributed by atoms with van der Waals surface area (Å²) in [7, 11) is 0. The molecule has 0 aliphatic carbocycles. The second-order valence-electron chi connectivity index (χ2n) is 7.53. The molecule has 4 rings (SSSR count). The van der Waals surface area contributed by atoms with Gasteiger partial charge in [0.1, 0.15) is 11.3 Å². The molecule has 10 nitrogen and oxygen atoms in total. The Kier molecular flexibility index (Phi) is 6.14. The van der Waals surface area contributed by atoms with E-state index < -0.39 is 4.92 Å². The van der Waals surface area contributed by atoms with Gasteiger partial charge in [-0.05, 0) is 44.1 Å². The Morgan fingerprint density at radius 1 is 1.24 bits per heavy atom. The molecule has 0 saturated carbocycles. The number of carbonyl (C=O) groups excluding carboxylic acids is 1. The molecule has 0 fully saturated rings. The number of esters is 1. The van der Waals surface area contributed by atoms with Crippen LogP contribution in [-0.2, 0) is 9.53 Å². The lowest BCUT2D eigenvalue weighted by Gasteiger charge is -2.19. The van der Waals surface area contributed by atoms with Gasteiger partial charge in [0.2, 0.25) is 0 Å². The zero-order valence-electron chi connectivity index (χ0n) is 18.1. The molecule has 3 aromatic heterocycles. The minimum Gasteiger partial charge on any atom is -0.466 e. The van der Waals surface area contributed by atoms with E-state index in [-0.39, 0.29) is 29.7 Å². The van der Waals surface area contributed by atoms with Gasteiger partial charge in [0.05, 0.1) is 23.1 Å². The lowest BCUT2D eigenvalue weighted by molar-refractivity contribution is -0.384. The Morgan fingerprint density at radius 3 is 2.61 bits per heavy atom. The van der Waals surface area contributed by atoms with Crippen molar-refractivity contribution < 1.29 is 18.9 Å². The molecule has 0 amide bonds. The summed E-state index contributed by atoms with van der Waals surface area (Å²) in [6.07, 6.45) is 1.33. The van der Waals surface area contributed by atoms with E-state index in [1.165, 1.54) is 12.1 Å². The van der Waals surface area contributed by atoms with Crippen LogP contribution in [0.4, 0.5) is 5.69 Å². The number of nitrogens with one attached hydrogen (secondary N) is 1. The Labute approximate surface area is 192 Å². The average molecular weight is 471 g/mol. The normalized spacial score (nSPS) is 12.3. The highest BCUT2D eigenvalue weighted by Crippen LogP contribution is 2.31. The molecule has 1 aromatic carbocycles. The summed E-state index contributed by atoms with van der Waals surface area (Å²) in [5.74, 6) is 0.205. The van der Waals surface area contributed by atoms with Crippen molar-refractivity contribution in [2.45, 2.75) is 39.2 Å². The van der Waals surface area contributed by atoms with Gasteiger partial charge < -0.3 is 9.15 Å². The number of ether oxygens (including phenoxy) is 1. The third-order valence-electron chi connectivity index (χ3n) is 5.53. The number of nitro benzene ring substituents is 1. The van der Waals surface area contributed by atoms with E-state index in [0.29, 0.717) is 52.2 Å². The fourth-order valence-electron chi connectivity index (χ4n) is 3.86. The number of fused-ring (bicyclic) bond motifs is 3. The van der Waals surface area contributed by atoms with E-state index in [9.17, 15) is 19.7 Å². The summed E-state index contributed by atoms with van der Waals surface area (Å²) < 4.78 is 14.6. The summed E-state index contributed by atoms with van der Waals surface area (Å²) in [5, 5.41) is 13.7. The molecule has 33 heavy (non-hydrogen) atoms. The Morgan fingerprint density at radius 2 is 1.97 bits per heavy atom. The van der Waals surface area contributed by atoms with Crippen molar-refractivity contribution in [1.82, 2.24) is 14.2 Å². The van der Waals surface area contributed by atoms with Crippen molar-refractivity contribution in [2.75, 3.05) is 6.61 Å². The lowest BCUT2D eigenvalue weighted by Crippen LogP contribution is -2.24. The first-order valence-corrected chi connectivity index (χ1v) is 10.9. The van der Waals surface area contributed by atoms with Gasteiger partial charge in [-0.3, -0.25) is 33.9 Å². The van der Waals surface area contributed by atoms with Crippen molar-refractivity contribution in [3.05, 3.63) is 61.6 Å². The number of hydrogen-bond donors (Lipinski definition) is 1. The van der Waals surface area contributed by atoms with Gasteiger partial charge in [0.15, 0.2) is 10.4 Å². The number of benzene rings is 1. The maximum absolute atomic E-state index is 12.8. The van der Waals surface area contributed by atoms with Crippen molar-refractivity contribution >= 4 is 40.5 Å². The molecular weight excluding hydrogens is 448 g/mol. The van der Waals surface area contributed by atoms with Gasteiger partial charge in [-0.25, -0.2) is 0 Å². The third-order valence-corrected chi connectivity index (χ3v) is 5.91. The molecule has 0 radical (unpaired) electrons. The molecule has 3 heterocycles. The van der Waals surface area contributed by atoms with Crippen molar-refractivity contribution in [3.63, 3.8) is 0 Å². The summed E-state index contributed by atoms with van der Waals surface area (Å²) in [5.41, 5.74) is 1.75. The number of non-ortho nitro benzene ring substituents is 1. The topological polar surface area (TPSA) is 125 Å². The maximum atomic E-state index is 12.8. The number of H-pyrrole nitrogens is 1. The summed E-state index contributed by atoms with van der Waals surface area (Å²) in [6, 6.07) is 9.18. The number of aromatic nitrogens is 3. The number of nitro groups is 1. The van der Waals surface area contributed by atoms with Gasteiger partial charge in [-0.1, -0.05) is 6.92 Å². The smallest absolute Gasteiger partial charge is 0.305 e. The average Bonchev–Trinajstić information content (AvgIpc) is 3.36. The van der Waals surface area contributed by atoms with Crippen molar-refractivity contribution in [2.24, 2.45) is 0 Å². The Bertz CT molecular complexity index is 1460. The van der Waals surface area contributed by atoms with Gasteiger partial charge in [0, 0.05) is 36.2 Å². The highest BCUT2D eigenvalue weighted by atomic mass is 32.1. The first-order chi connectivity index (χ1) is 15.8. The zero-order chi connectivity index (χ0) is 23.7. The van der Waals surface area contributed by atoms with Crippen LogP contribution in [0.15, 0.2) is 45.6 Å². The van der Waals surface area contributed by atoms with Gasteiger partial charge >= 0.3 is 5.97 Å². The van der Waals surface area contributed by atoms with Crippen LogP contribution in [0.2, 0.25) is 0 Å². The molecular formula is C22H22N4O6S. The molecule has 1 N–H and O–H groups in total. The molecule has 1 atom stereocenters. The number of carbonyl (C=O) groups is 1. The molecule has 0 spiro atoms. The molecule has 11 heteroatoms. The largest absolute Gasteiger partial charge is 0.466 e. The van der Waals surface area contributed by atoms with Gasteiger partial charge in [-0.15, -0.1) is 0 Å². The van der Waals surface area contributed by atoms with Crippen LogP contribution in [0, 0.1) is 14.9 Å². The molecule has 0 saturated heterocycles. The number of rotatable bonds is 8. The van der Waals surface area contributed by atoms with Gasteiger partial charge in [-0.2, -0.15) is 0 Å².